The molecular formula is C13H13Br2N3. The van der Waals surface area contributed by atoms with Crippen LogP contribution in [0.5, 0.6) is 0 Å². The summed E-state index contributed by atoms with van der Waals surface area (Å²) in [4.78, 5) is 4.28. The third kappa shape index (κ3) is 3.03. The van der Waals surface area contributed by atoms with E-state index in [1.54, 1.807) is 6.20 Å². The van der Waals surface area contributed by atoms with E-state index in [4.69, 9.17) is 5.73 Å². The van der Waals surface area contributed by atoms with Crippen molar-refractivity contribution in [3.05, 3.63) is 50.5 Å². The highest BCUT2D eigenvalue weighted by molar-refractivity contribution is 9.11. The second-order valence-corrected chi connectivity index (χ2v) is 5.69. The lowest BCUT2D eigenvalue weighted by atomic mass is 10.2. The fraction of sp³-hybridized carbons (Fsp3) is 0.154. The number of nitrogen functional groups attached to an aromatic ring is 1. The molecule has 0 saturated heterocycles. The van der Waals surface area contributed by atoms with Crippen LogP contribution >= 0.6 is 31.9 Å². The van der Waals surface area contributed by atoms with Crippen LogP contribution in [0, 0.1) is 6.92 Å². The minimum absolute atomic E-state index is 0.691. The maximum Gasteiger partial charge on any atom is 0.140 e. The van der Waals surface area contributed by atoms with Crippen LogP contribution in [-0.2, 0) is 6.54 Å². The van der Waals surface area contributed by atoms with Gasteiger partial charge in [0, 0.05) is 11.0 Å². The molecule has 1 heterocycles. The van der Waals surface area contributed by atoms with E-state index in [0.29, 0.717) is 5.69 Å². The Bertz CT molecular complexity index is 553. The van der Waals surface area contributed by atoms with Gasteiger partial charge in [-0.25, -0.2) is 4.98 Å². The van der Waals surface area contributed by atoms with Crippen LogP contribution in [0.1, 0.15) is 11.1 Å². The SMILES string of the molecule is Cc1c(N)cnc(NCc2ccc(Br)cc2)c1Br. The van der Waals surface area contributed by atoms with Crippen molar-refractivity contribution < 1.29 is 0 Å². The van der Waals surface area contributed by atoms with Crippen LogP contribution in [0.4, 0.5) is 11.5 Å². The van der Waals surface area contributed by atoms with E-state index < -0.39 is 0 Å². The lowest BCUT2D eigenvalue weighted by Crippen LogP contribution is -2.04. The van der Waals surface area contributed by atoms with Gasteiger partial charge in [0.2, 0.25) is 0 Å². The van der Waals surface area contributed by atoms with Crippen molar-refractivity contribution in [2.45, 2.75) is 13.5 Å². The van der Waals surface area contributed by atoms with Gasteiger partial charge in [0.15, 0.2) is 0 Å². The molecule has 5 heteroatoms. The van der Waals surface area contributed by atoms with Crippen LogP contribution in [-0.4, -0.2) is 4.98 Å². The van der Waals surface area contributed by atoms with E-state index >= 15 is 0 Å². The number of hydrogen-bond acceptors (Lipinski definition) is 3. The Morgan fingerprint density at radius 2 is 1.89 bits per heavy atom. The molecule has 0 unspecified atom stereocenters. The number of hydrogen-bond donors (Lipinski definition) is 2. The van der Waals surface area contributed by atoms with E-state index in [2.05, 4.69) is 54.3 Å². The molecule has 0 aliphatic carbocycles. The number of benzene rings is 1. The number of nitrogens with zero attached hydrogens (tertiary/aromatic N) is 1. The number of aromatic nitrogens is 1. The lowest BCUT2D eigenvalue weighted by Gasteiger charge is -2.11. The number of halogens is 2. The third-order valence-corrected chi connectivity index (χ3v) is 4.18. The molecule has 3 N–H and O–H groups in total. The molecule has 1 aromatic heterocycles. The van der Waals surface area contributed by atoms with Gasteiger partial charge in [0.25, 0.3) is 0 Å². The van der Waals surface area contributed by atoms with Crippen LogP contribution in [0.3, 0.4) is 0 Å². The molecule has 0 aliphatic rings. The molecule has 0 fully saturated rings. The fourth-order valence-corrected chi connectivity index (χ4v) is 2.24. The highest BCUT2D eigenvalue weighted by Gasteiger charge is 2.06. The largest absolute Gasteiger partial charge is 0.397 e. The lowest BCUT2D eigenvalue weighted by molar-refractivity contribution is 1.10. The average molecular weight is 371 g/mol. The second-order valence-electron chi connectivity index (χ2n) is 3.98. The van der Waals surface area contributed by atoms with Gasteiger partial charge in [-0.05, 0) is 46.1 Å². The van der Waals surface area contributed by atoms with Crippen LogP contribution < -0.4 is 11.1 Å². The molecular weight excluding hydrogens is 358 g/mol. The third-order valence-electron chi connectivity index (χ3n) is 2.68. The summed E-state index contributed by atoms with van der Waals surface area (Å²) in [6.45, 7) is 2.69. The van der Waals surface area contributed by atoms with Crippen molar-refractivity contribution >= 4 is 43.4 Å². The molecule has 1 aromatic carbocycles. The summed E-state index contributed by atoms with van der Waals surface area (Å²) in [5, 5.41) is 3.29. The Kier molecular flexibility index (Phi) is 4.24. The van der Waals surface area contributed by atoms with Gasteiger partial charge < -0.3 is 11.1 Å². The summed E-state index contributed by atoms with van der Waals surface area (Å²) in [6.07, 6.45) is 1.67. The molecule has 0 saturated carbocycles. The highest BCUT2D eigenvalue weighted by Crippen LogP contribution is 2.27. The molecule has 0 bridgehead atoms. The first-order valence-corrected chi connectivity index (χ1v) is 7.05. The van der Waals surface area contributed by atoms with Crippen LogP contribution in [0.2, 0.25) is 0 Å². The molecule has 2 rings (SSSR count). The van der Waals surface area contributed by atoms with Crippen LogP contribution in [0.25, 0.3) is 0 Å². The predicted octanol–water partition coefficient (Wildman–Crippen LogP) is 4.11. The Balaban J connectivity index is 2.11. The van der Waals surface area contributed by atoms with Gasteiger partial charge in [-0.15, -0.1) is 0 Å². The maximum atomic E-state index is 5.79. The second kappa shape index (κ2) is 5.71. The Hall–Kier alpha value is -1.07. The zero-order valence-corrected chi connectivity index (χ0v) is 13.0. The van der Waals surface area contributed by atoms with Crippen molar-refractivity contribution in [1.82, 2.24) is 4.98 Å². The Morgan fingerprint density at radius 3 is 2.56 bits per heavy atom. The summed E-state index contributed by atoms with van der Waals surface area (Å²) in [7, 11) is 0. The molecule has 0 spiro atoms. The maximum absolute atomic E-state index is 5.79. The van der Waals surface area contributed by atoms with Crippen molar-refractivity contribution in [2.75, 3.05) is 11.1 Å². The van der Waals surface area contributed by atoms with Crippen molar-refractivity contribution in [3.63, 3.8) is 0 Å². The number of pyridine rings is 1. The first kappa shape index (κ1) is 13.4. The molecule has 3 nitrogen and oxygen atoms in total. The zero-order chi connectivity index (χ0) is 13.1. The number of anilines is 2. The summed E-state index contributed by atoms with van der Waals surface area (Å²) in [6, 6.07) is 8.17. The van der Waals surface area contributed by atoms with Crippen LogP contribution in [0.15, 0.2) is 39.4 Å². The number of rotatable bonds is 3. The first-order valence-electron chi connectivity index (χ1n) is 5.47. The Morgan fingerprint density at radius 1 is 1.22 bits per heavy atom. The smallest absolute Gasteiger partial charge is 0.140 e. The number of nitrogens with two attached hydrogens (primary N) is 1. The summed E-state index contributed by atoms with van der Waals surface area (Å²) < 4.78 is 1.99. The molecule has 0 atom stereocenters. The van der Waals surface area contributed by atoms with E-state index in [-0.39, 0.29) is 0 Å². The van der Waals surface area contributed by atoms with E-state index in [1.165, 1.54) is 5.56 Å². The molecule has 0 radical (unpaired) electrons. The zero-order valence-electron chi connectivity index (χ0n) is 9.87. The Labute approximate surface area is 123 Å². The normalized spacial score (nSPS) is 10.4. The fourth-order valence-electron chi connectivity index (χ4n) is 1.50. The van der Waals surface area contributed by atoms with E-state index in [9.17, 15) is 0 Å². The summed E-state index contributed by atoms with van der Waals surface area (Å²) >= 11 is 6.92. The summed E-state index contributed by atoms with van der Waals surface area (Å²) in [5.74, 6) is 0.810. The minimum Gasteiger partial charge on any atom is -0.397 e. The van der Waals surface area contributed by atoms with Gasteiger partial charge in [-0.2, -0.15) is 0 Å². The topological polar surface area (TPSA) is 50.9 Å². The first-order chi connectivity index (χ1) is 8.58. The van der Waals surface area contributed by atoms with Gasteiger partial charge in [-0.1, -0.05) is 28.1 Å². The van der Waals surface area contributed by atoms with Gasteiger partial charge in [0.05, 0.1) is 16.4 Å². The standard InChI is InChI=1S/C13H13Br2N3/c1-8-11(16)7-18-13(12(8)15)17-6-9-2-4-10(14)5-3-9/h2-5,7H,6,16H2,1H3,(H,17,18). The molecule has 0 aliphatic heterocycles. The molecule has 0 amide bonds. The molecule has 94 valence electrons. The van der Waals surface area contributed by atoms with Crippen molar-refractivity contribution in [3.8, 4) is 0 Å². The van der Waals surface area contributed by atoms with Gasteiger partial charge in [-0.3, -0.25) is 0 Å². The van der Waals surface area contributed by atoms with E-state index in [1.807, 2.05) is 19.1 Å². The summed E-state index contributed by atoms with van der Waals surface area (Å²) in [5.41, 5.74) is 8.68. The van der Waals surface area contributed by atoms with E-state index in [0.717, 1.165) is 26.9 Å². The number of nitrogens with one attached hydrogen (secondary N) is 1. The predicted molar refractivity (Wildman–Crippen MR) is 82.6 cm³/mol. The highest BCUT2D eigenvalue weighted by atomic mass is 79.9. The van der Waals surface area contributed by atoms with Crippen molar-refractivity contribution in [2.24, 2.45) is 0 Å². The average Bonchev–Trinajstić information content (AvgIpc) is 2.37. The molecule has 18 heavy (non-hydrogen) atoms. The van der Waals surface area contributed by atoms with Crippen molar-refractivity contribution in [1.29, 1.82) is 0 Å². The monoisotopic (exact) mass is 369 g/mol. The molecule has 2 aromatic rings. The van der Waals surface area contributed by atoms with Gasteiger partial charge >= 0.3 is 0 Å². The minimum atomic E-state index is 0.691. The van der Waals surface area contributed by atoms with Gasteiger partial charge in [0.1, 0.15) is 5.82 Å². The quantitative estimate of drug-likeness (QED) is 0.854.